The Morgan fingerprint density at radius 2 is 1.14 bits per heavy atom. The van der Waals surface area contributed by atoms with Gasteiger partial charge in [0.25, 0.3) is 0 Å². The molecule has 7 heteroatoms. The van der Waals surface area contributed by atoms with Crippen molar-refractivity contribution in [2.75, 3.05) is 0 Å². The average molecular weight is 714 g/mol. The summed E-state index contributed by atoms with van der Waals surface area (Å²) in [6.07, 6.45) is 0. The van der Waals surface area contributed by atoms with E-state index in [1.54, 1.807) is 0 Å². The van der Waals surface area contributed by atoms with E-state index in [9.17, 15) is 0 Å². The maximum absolute atomic E-state index is 8.39. The second kappa shape index (κ2) is 46.3. The van der Waals surface area contributed by atoms with Gasteiger partial charge in [-0.1, -0.05) is 0 Å². The van der Waals surface area contributed by atoms with Crippen LogP contribution in [-0.4, -0.2) is 95.3 Å². The molecule has 0 saturated carbocycles. The summed E-state index contributed by atoms with van der Waals surface area (Å²) in [6.45, 7) is 0. The molecule has 0 rings (SSSR count). The van der Waals surface area contributed by atoms with E-state index in [-0.39, 0.29) is 142 Å². The number of hydrogen-bond donors (Lipinski definition) is 0. The zero-order chi connectivity index (χ0) is 2.00. The first-order chi connectivity index (χ1) is 1.00. The molecule has 1 nitrogen and oxygen atoms in total. The molecule has 0 saturated heterocycles. The van der Waals surface area contributed by atoms with Gasteiger partial charge in [0.1, 0.15) is 0 Å². The largest absolute Gasteiger partial charge is 0 e. The molecule has 0 aromatic rings. The monoisotopic (exact) mass is 716 g/mol. The molecule has 2 radical (unpaired) electrons. The van der Waals surface area contributed by atoms with E-state index in [2.05, 4.69) is 0 Å². The maximum atomic E-state index is 8.39. The molecule has 0 bridgehead atoms. The van der Waals surface area contributed by atoms with Crippen molar-refractivity contribution >= 4 is 95.3 Å². The van der Waals surface area contributed by atoms with Gasteiger partial charge in [0, 0.05) is 46.8 Å². The Morgan fingerprint density at radius 1 is 1.14 bits per heavy atom. The molecule has 0 heterocycles. The summed E-state index contributed by atoms with van der Waals surface area (Å²) in [5, 5.41) is 0. The third kappa shape index (κ3) is 37.2. The van der Waals surface area contributed by atoms with E-state index in [0.717, 1.165) is 0 Å². The van der Waals surface area contributed by atoms with Crippen LogP contribution in [0.2, 0.25) is 0 Å². The van der Waals surface area contributed by atoms with E-state index in [4.69, 9.17) is 2.69 Å². The molecule has 0 aliphatic rings. The summed E-state index contributed by atoms with van der Waals surface area (Å²) in [4.78, 5) is 0. The summed E-state index contributed by atoms with van der Waals surface area (Å²) in [6, 6.07) is 0. The van der Waals surface area contributed by atoms with Crippen molar-refractivity contribution in [1.29, 1.82) is 0 Å². The van der Waals surface area contributed by atoms with Crippen molar-refractivity contribution in [2.24, 2.45) is 0 Å². The second-order valence-electron chi connectivity index (χ2n) is 0. The molecule has 0 spiro atoms. The Kier molecular flexibility index (Phi) is 276. The van der Waals surface area contributed by atoms with Crippen molar-refractivity contribution in [2.45, 2.75) is 0 Å². The Morgan fingerprint density at radius 3 is 1.14 bits per heavy atom. The minimum Gasteiger partial charge on any atom is 0 e. The smallest absolute Gasteiger partial charge is 0 e. The second-order valence-corrected chi connectivity index (χ2v) is 0. The third-order valence-corrected chi connectivity index (χ3v) is 0. The molecule has 0 aliphatic heterocycles. The van der Waals surface area contributed by atoms with Gasteiger partial charge in [0.15, 0.2) is 0 Å². The topological polar surface area (TPSA) is 17.1 Å². The van der Waals surface area contributed by atoms with E-state index in [1.807, 2.05) is 0 Å². The number of rotatable bonds is 0. The summed E-state index contributed by atoms with van der Waals surface area (Å²) >= 11 is 0.0556. The molecule has 0 atom stereocenters. The van der Waals surface area contributed by atoms with E-state index < -0.39 is 0 Å². The SMILES string of the molecule is [Cd].[GaH3].[InH3].[O]=[Pb].[SnH4].[Zn]. The Hall–Kier alpha value is 4.57. The first-order valence-corrected chi connectivity index (χ1v) is 1.79. The van der Waals surface area contributed by atoms with Gasteiger partial charge in [-0.3, -0.25) is 0 Å². The summed E-state index contributed by atoms with van der Waals surface area (Å²) in [7, 11) is 0. The summed E-state index contributed by atoms with van der Waals surface area (Å²) < 4.78 is 8.39. The molecule has 34 valence electrons. The predicted molar refractivity (Wildman–Crippen MR) is 37.7 cm³/mol. The van der Waals surface area contributed by atoms with Crippen LogP contribution in [0, 0.1) is 0 Å². The summed E-state index contributed by atoms with van der Waals surface area (Å²) in [5.74, 6) is 0. The molecule has 0 N–H and O–H groups in total. The van der Waals surface area contributed by atoms with Crippen LogP contribution in [0.25, 0.3) is 0 Å². The van der Waals surface area contributed by atoms with Crippen molar-refractivity contribution in [1.82, 2.24) is 0 Å². The fourth-order valence-corrected chi connectivity index (χ4v) is 0. The van der Waals surface area contributed by atoms with Gasteiger partial charge in [-0.25, -0.2) is 0 Å². The zero-order valence-electron chi connectivity index (χ0n) is 2.32. The van der Waals surface area contributed by atoms with Crippen LogP contribution in [0.3, 0.4) is 0 Å². The minimum absolute atomic E-state index is 0. The first kappa shape index (κ1) is 41.7. The predicted octanol–water partition coefficient (Wildman–Crippen LogP) is -4.32. The van der Waals surface area contributed by atoms with Crippen LogP contribution in [0.1, 0.15) is 0 Å². The molecule has 0 fully saturated rings. The van der Waals surface area contributed by atoms with Gasteiger partial charge < -0.3 is 0 Å². The molecular weight excluding hydrogens is 704 g/mol. The van der Waals surface area contributed by atoms with Gasteiger partial charge >= 0.3 is 98.0 Å². The van der Waals surface area contributed by atoms with E-state index in [0.29, 0.717) is 0 Å². The van der Waals surface area contributed by atoms with Crippen molar-refractivity contribution in [3.05, 3.63) is 0 Å². The Bertz CT molecular complexity index is 19.7. The standard InChI is InChI=1S/Cd.Ga.In.O.Pb.Sn.Zn.10H. The van der Waals surface area contributed by atoms with Gasteiger partial charge in [0.2, 0.25) is 0 Å². The van der Waals surface area contributed by atoms with Gasteiger partial charge in [-0.2, -0.15) is 0 Å². The average Bonchev–Trinajstić information content (AvgIpc) is 1.00. The first-order valence-electron chi connectivity index (χ1n) is 0.204. The van der Waals surface area contributed by atoms with Crippen LogP contribution in [0.5, 0.6) is 0 Å². The number of hydrogen-bond acceptors (Lipinski definition) is 1. The Labute approximate surface area is 141 Å². The van der Waals surface area contributed by atoms with Gasteiger partial charge in [-0.15, -0.1) is 0 Å². The summed E-state index contributed by atoms with van der Waals surface area (Å²) in [5.41, 5.74) is 0. The van der Waals surface area contributed by atoms with Crippen LogP contribution in [-0.2, 0) is 49.5 Å². The molecule has 0 aromatic heterocycles. The van der Waals surface area contributed by atoms with Crippen LogP contribution < -0.4 is 0 Å². The third-order valence-electron chi connectivity index (χ3n) is 0. The molecule has 0 unspecified atom stereocenters. The van der Waals surface area contributed by atoms with Gasteiger partial charge in [-0.05, 0) is 0 Å². The van der Waals surface area contributed by atoms with E-state index in [1.165, 1.54) is 0 Å². The minimum atomic E-state index is 0. The molecule has 7 heavy (non-hydrogen) atoms. The fourth-order valence-electron chi connectivity index (χ4n) is 0. The molecule has 0 amide bonds. The van der Waals surface area contributed by atoms with Crippen molar-refractivity contribution in [3.8, 4) is 0 Å². The van der Waals surface area contributed by atoms with Crippen LogP contribution in [0.15, 0.2) is 0 Å². The molecular formula is H10CdGaInOPbSnZn. The fraction of sp³-hybridized carbons (Fsp3) is 0. The molecule has 0 aromatic carbocycles. The maximum Gasteiger partial charge on any atom is 0 e. The van der Waals surface area contributed by atoms with Gasteiger partial charge in [0.05, 0.1) is 0 Å². The molecule has 0 aliphatic carbocycles. The van der Waals surface area contributed by atoms with Crippen molar-refractivity contribution < 1.29 is 49.5 Å². The van der Waals surface area contributed by atoms with Crippen molar-refractivity contribution in [3.63, 3.8) is 0 Å². The quantitative estimate of drug-likeness (QED) is 0.233. The Balaban J connectivity index is -0.000000000500. The van der Waals surface area contributed by atoms with Crippen LogP contribution in [0.4, 0.5) is 0 Å². The van der Waals surface area contributed by atoms with E-state index >= 15 is 0 Å². The normalized spacial score (nSPS) is 0.571. The van der Waals surface area contributed by atoms with Crippen LogP contribution >= 0.6 is 0 Å². The zero-order valence-corrected chi connectivity index (χ0v) is 13.2.